The van der Waals surface area contributed by atoms with Gasteiger partial charge in [0.05, 0.1) is 10.9 Å². The smallest absolute Gasteiger partial charge is 0.244 e. The molecular formula is C25H20BrN3O3S. The van der Waals surface area contributed by atoms with E-state index in [4.69, 9.17) is 0 Å². The van der Waals surface area contributed by atoms with Crippen molar-refractivity contribution in [3.63, 3.8) is 0 Å². The van der Waals surface area contributed by atoms with E-state index in [9.17, 15) is 14.4 Å². The second-order valence-electron chi connectivity index (χ2n) is 7.44. The minimum atomic E-state index is -0.408. The van der Waals surface area contributed by atoms with Crippen LogP contribution < -0.4 is 10.7 Å². The number of rotatable bonds is 6. The van der Waals surface area contributed by atoms with Crippen LogP contribution in [0.2, 0.25) is 0 Å². The van der Waals surface area contributed by atoms with Crippen LogP contribution in [0.4, 0.5) is 5.69 Å². The summed E-state index contributed by atoms with van der Waals surface area (Å²) in [7, 11) is 0. The maximum absolute atomic E-state index is 13.1. The summed E-state index contributed by atoms with van der Waals surface area (Å²) in [6.45, 7) is 1.71. The van der Waals surface area contributed by atoms with Crippen LogP contribution >= 0.6 is 27.7 Å². The molecule has 166 valence electrons. The SMILES string of the molecule is CSc1cccc(NC(=O)Cn2cc(C(=O)c3ccc(Br)cc3)c(=O)c3ccc(C)nc32)c1. The molecule has 2 aromatic carbocycles. The Morgan fingerprint density at radius 2 is 1.85 bits per heavy atom. The normalized spacial score (nSPS) is 10.9. The molecule has 1 N–H and O–H groups in total. The summed E-state index contributed by atoms with van der Waals surface area (Å²) >= 11 is 4.93. The van der Waals surface area contributed by atoms with Gasteiger partial charge in [-0.3, -0.25) is 14.4 Å². The Morgan fingerprint density at radius 1 is 1.09 bits per heavy atom. The predicted octanol–water partition coefficient (Wildman–Crippen LogP) is 5.06. The van der Waals surface area contributed by atoms with Crippen molar-refractivity contribution in [1.82, 2.24) is 9.55 Å². The van der Waals surface area contributed by atoms with Crippen molar-refractivity contribution in [2.24, 2.45) is 0 Å². The first-order valence-corrected chi connectivity index (χ1v) is 12.1. The third-order valence-corrected chi connectivity index (χ3v) is 6.33. The number of benzene rings is 2. The molecule has 0 spiro atoms. The van der Waals surface area contributed by atoms with Crippen molar-refractivity contribution in [1.29, 1.82) is 0 Å². The molecule has 0 atom stereocenters. The lowest BCUT2D eigenvalue weighted by atomic mass is 10.0. The predicted molar refractivity (Wildman–Crippen MR) is 135 cm³/mol. The van der Waals surface area contributed by atoms with Crippen LogP contribution in [0.3, 0.4) is 0 Å². The van der Waals surface area contributed by atoms with E-state index in [2.05, 4.69) is 26.2 Å². The molecule has 4 rings (SSSR count). The molecule has 0 radical (unpaired) electrons. The van der Waals surface area contributed by atoms with Crippen molar-refractivity contribution in [3.05, 3.63) is 98.4 Å². The Labute approximate surface area is 203 Å². The third kappa shape index (κ3) is 5.07. The van der Waals surface area contributed by atoms with Crippen molar-refractivity contribution in [2.45, 2.75) is 18.4 Å². The van der Waals surface area contributed by atoms with Gasteiger partial charge >= 0.3 is 0 Å². The van der Waals surface area contributed by atoms with Gasteiger partial charge in [-0.15, -0.1) is 11.8 Å². The summed E-state index contributed by atoms with van der Waals surface area (Å²) in [6.07, 6.45) is 3.39. The fraction of sp³-hybridized carbons (Fsp3) is 0.120. The summed E-state index contributed by atoms with van der Waals surface area (Å²) in [6, 6.07) is 17.7. The number of fused-ring (bicyclic) bond motifs is 1. The molecule has 0 unspecified atom stereocenters. The van der Waals surface area contributed by atoms with Crippen LogP contribution in [0.1, 0.15) is 21.6 Å². The standard InChI is InChI=1S/C25H20BrN3O3S/c1-15-6-11-20-24(32)21(23(31)16-7-9-17(26)10-8-16)13-29(25(20)27-15)14-22(30)28-18-4-3-5-19(12-18)33-2/h3-13H,14H2,1-2H3,(H,28,30). The van der Waals surface area contributed by atoms with E-state index in [0.29, 0.717) is 28.0 Å². The second-order valence-corrected chi connectivity index (χ2v) is 9.24. The van der Waals surface area contributed by atoms with Gasteiger partial charge < -0.3 is 9.88 Å². The lowest BCUT2D eigenvalue weighted by molar-refractivity contribution is -0.116. The molecule has 6 nitrogen and oxygen atoms in total. The van der Waals surface area contributed by atoms with Crippen LogP contribution in [0.25, 0.3) is 11.0 Å². The Bertz CT molecular complexity index is 1430. The first-order chi connectivity index (χ1) is 15.9. The summed E-state index contributed by atoms with van der Waals surface area (Å²) in [5.41, 5.74) is 1.71. The monoisotopic (exact) mass is 521 g/mol. The van der Waals surface area contributed by atoms with Gasteiger partial charge in [0.15, 0.2) is 5.78 Å². The first kappa shape index (κ1) is 22.9. The highest BCUT2D eigenvalue weighted by Gasteiger charge is 2.19. The average molecular weight is 522 g/mol. The number of pyridine rings is 2. The van der Waals surface area contributed by atoms with Gasteiger partial charge in [0.25, 0.3) is 0 Å². The van der Waals surface area contributed by atoms with Crippen molar-refractivity contribution in [3.8, 4) is 0 Å². The Hall–Kier alpha value is -3.23. The summed E-state index contributed by atoms with van der Waals surface area (Å²) in [4.78, 5) is 44.6. The highest BCUT2D eigenvalue weighted by Crippen LogP contribution is 2.20. The van der Waals surface area contributed by atoms with E-state index >= 15 is 0 Å². The molecule has 2 heterocycles. The maximum atomic E-state index is 13.1. The fourth-order valence-electron chi connectivity index (χ4n) is 3.45. The van der Waals surface area contributed by atoms with Gasteiger partial charge in [0.1, 0.15) is 12.2 Å². The molecule has 0 fully saturated rings. The van der Waals surface area contributed by atoms with Crippen LogP contribution in [-0.2, 0) is 11.3 Å². The Kier molecular flexibility index (Phi) is 6.76. The number of nitrogens with zero attached hydrogens (tertiary/aromatic N) is 2. The molecule has 4 aromatic rings. The lowest BCUT2D eigenvalue weighted by Gasteiger charge is -2.13. The van der Waals surface area contributed by atoms with Gasteiger partial charge in [0.2, 0.25) is 11.3 Å². The van der Waals surface area contributed by atoms with E-state index in [1.165, 1.54) is 6.20 Å². The van der Waals surface area contributed by atoms with E-state index in [1.807, 2.05) is 37.4 Å². The summed E-state index contributed by atoms with van der Waals surface area (Å²) in [5.74, 6) is -0.694. The zero-order chi connectivity index (χ0) is 23.5. The van der Waals surface area contributed by atoms with Crippen LogP contribution in [0.5, 0.6) is 0 Å². The van der Waals surface area contributed by atoms with Crippen LogP contribution in [0, 0.1) is 6.92 Å². The number of anilines is 1. The zero-order valence-electron chi connectivity index (χ0n) is 18.0. The molecule has 0 saturated heterocycles. The second kappa shape index (κ2) is 9.72. The lowest BCUT2D eigenvalue weighted by Crippen LogP contribution is -2.25. The number of hydrogen-bond donors (Lipinski definition) is 1. The van der Waals surface area contributed by atoms with Crippen molar-refractivity contribution >= 4 is 56.1 Å². The number of carbonyl (C=O) groups is 2. The Balaban J connectivity index is 1.74. The van der Waals surface area contributed by atoms with Crippen molar-refractivity contribution < 1.29 is 9.59 Å². The largest absolute Gasteiger partial charge is 0.324 e. The molecule has 0 aliphatic carbocycles. The molecule has 0 aliphatic rings. The number of carbonyl (C=O) groups excluding carboxylic acids is 2. The molecule has 8 heteroatoms. The van der Waals surface area contributed by atoms with E-state index in [1.54, 1.807) is 52.7 Å². The molecule has 33 heavy (non-hydrogen) atoms. The highest BCUT2D eigenvalue weighted by atomic mass is 79.9. The molecule has 1 amide bonds. The average Bonchev–Trinajstić information content (AvgIpc) is 2.81. The van der Waals surface area contributed by atoms with E-state index in [-0.39, 0.29) is 18.0 Å². The number of hydrogen-bond acceptors (Lipinski definition) is 5. The quantitative estimate of drug-likeness (QED) is 0.283. The van der Waals surface area contributed by atoms with Crippen molar-refractivity contribution in [2.75, 3.05) is 11.6 Å². The number of aromatic nitrogens is 2. The fourth-order valence-corrected chi connectivity index (χ4v) is 4.18. The molecule has 2 aromatic heterocycles. The molecule has 0 saturated carbocycles. The number of ketones is 1. The topological polar surface area (TPSA) is 81.1 Å². The minimum Gasteiger partial charge on any atom is -0.324 e. The molecule has 0 bridgehead atoms. The number of thioether (sulfide) groups is 1. The Morgan fingerprint density at radius 3 is 2.58 bits per heavy atom. The molecular weight excluding hydrogens is 502 g/mol. The zero-order valence-corrected chi connectivity index (χ0v) is 20.4. The number of nitrogens with one attached hydrogen (secondary N) is 1. The highest BCUT2D eigenvalue weighted by molar-refractivity contribution is 9.10. The number of aryl methyl sites for hydroxylation is 1. The van der Waals surface area contributed by atoms with E-state index in [0.717, 1.165) is 9.37 Å². The molecule has 0 aliphatic heterocycles. The first-order valence-electron chi connectivity index (χ1n) is 10.1. The third-order valence-electron chi connectivity index (χ3n) is 5.08. The number of amides is 1. The van der Waals surface area contributed by atoms with Crippen LogP contribution in [0.15, 0.2) is 81.0 Å². The van der Waals surface area contributed by atoms with Crippen LogP contribution in [-0.4, -0.2) is 27.5 Å². The van der Waals surface area contributed by atoms with Gasteiger partial charge in [-0.2, -0.15) is 0 Å². The van der Waals surface area contributed by atoms with Gasteiger partial charge in [-0.05, 0) is 67.8 Å². The van der Waals surface area contributed by atoms with Gasteiger partial charge in [0, 0.05) is 32.5 Å². The minimum absolute atomic E-state index is 0.00680. The van der Waals surface area contributed by atoms with E-state index < -0.39 is 11.2 Å². The summed E-state index contributed by atoms with van der Waals surface area (Å²) < 4.78 is 2.39. The van der Waals surface area contributed by atoms with Gasteiger partial charge in [-0.1, -0.05) is 22.0 Å². The summed E-state index contributed by atoms with van der Waals surface area (Å²) in [5, 5.41) is 3.17. The van der Waals surface area contributed by atoms with Gasteiger partial charge in [-0.25, -0.2) is 4.98 Å². The number of halogens is 1. The maximum Gasteiger partial charge on any atom is 0.244 e.